The van der Waals surface area contributed by atoms with Crippen molar-refractivity contribution in [2.75, 3.05) is 30.9 Å². The number of aryl methyl sites for hydroxylation is 2. The molecule has 6 heterocycles. The zero-order chi connectivity index (χ0) is 64.6. The molecule has 4 saturated heterocycles. The number of nitrogens with zero attached hydrogens (tertiary/aromatic N) is 3. The summed E-state index contributed by atoms with van der Waals surface area (Å²) in [6, 6.07) is 7.13. The Hall–Kier alpha value is -3.03. The summed E-state index contributed by atoms with van der Waals surface area (Å²) >= 11 is 13.3. The number of esters is 1. The summed E-state index contributed by atoms with van der Waals surface area (Å²) in [5, 5.41) is 44.7. The minimum Gasteiger partial charge on any atom is -0.653 e. The van der Waals surface area contributed by atoms with Gasteiger partial charge in [0, 0.05) is 116 Å². The number of carbonyl (C=O) groups excluding carboxylic acids is 4. The predicted molar refractivity (Wildman–Crippen MR) is 340 cm³/mol. The van der Waals surface area contributed by atoms with Crippen LogP contribution in [-0.4, -0.2) is 126 Å². The van der Waals surface area contributed by atoms with Crippen LogP contribution in [0.15, 0.2) is 84.3 Å². The van der Waals surface area contributed by atoms with Crippen molar-refractivity contribution in [1.29, 1.82) is 0 Å². The molecule has 2 radical (unpaired) electrons. The van der Waals surface area contributed by atoms with Crippen molar-refractivity contribution >= 4 is 58.5 Å². The number of rotatable bonds is 3. The minimum absolute atomic E-state index is 0. The molecule has 6 aliphatic rings. The van der Waals surface area contributed by atoms with Gasteiger partial charge in [0.25, 0.3) is 5.97 Å². The fourth-order valence-electron chi connectivity index (χ4n) is 11.4. The van der Waals surface area contributed by atoms with Crippen molar-refractivity contribution in [3.63, 3.8) is 0 Å². The number of hydrogen-bond donors (Lipinski definition) is 5. The van der Waals surface area contributed by atoms with E-state index in [-0.39, 0.29) is 127 Å². The molecular weight excluding hydrogens is 1320 g/mol. The molecule has 8 bridgehead atoms. The van der Waals surface area contributed by atoms with Crippen LogP contribution in [0.1, 0.15) is 138 Å². The maximum absolute atomic E-state index is 13.8. The van der Waals surface area contributed by atoms with Gasteiger partial charge in [-0.25, -0.2) is 4.79 Å². The molecule has 2 aromatic carbocycles. The zero-order valence-electron chi connectivity index (χ0n) is 55.0. The van der Waals surface area contributed by atoms with Crippen LogP contribution in [0, 0.1) is 50.4 Å². The molecule has 4 fully saturated rings. The molecule has 17 nitrogen and oxygen atoms in total. The molecule has 2 aromatic rings. The van der Waals surface area contributed by atoms with Gasteiger partial charge in [-0.05, 0) is 101 Å². The number of aliphatic hydroxyl groups is 3. The Labute approximate surface area is 584 Å². The molecular formula is C67H96Cl2N5O12Y2-3. The summed E-state index contributed by atoms with van der Waals surface area (Å²) in [7, 11) is 4.88. The first-order valence-corrected chi connectivity index (χ1v) is 30.6. The number of carbonyl (C=O) groups is 4. The summed E-state index contributed by atoms with van der Waals surface area (Å²) in [6.07, 6.45) is 12.5. The van der Waals surface area contributed by atoms with Gasteiger partial charge in [-0.1, -0.05) is 118 Å². The fraction of sp³-hybridized carbons (Fsp3) is 0.582. The third-order valence-corrected chi connectivity index (χ3v) is 18.3. The molecule has 3 amide bonds. The zero-order valence-corrected chi connectivity index (χ0v) is 62.2. The second-order valence-electron chi connectivity index (χ2n) is 24.8. The van der Waals surface area contributed by atoms with E-state index in [4.69, 9.17) is 46.9 Å². The first-order chi connectivity index (χ1) is 40.2. The van der Waals surface area contributed by atoms with Crippen LogP contribution in [0.25, 0.3) is 5.32 Å². The number of allylic oxidation sites excluding steroid dienone is 6. The Kier molecular flexibility index (Phi) is 30.3. The second-order valence-corrected chi connectivity index (χ2v) is 25.5. The topological polar surface area (TPSA) is 226 Å². The van der Waals surface area contributed by atoms with E-state index in [2.05, 4.69) is 22.5 Å². The Morgan fingerprint density at radius 2 is 1.14 bits per heavy atom. The average Bonchev–Trinajstić information content (AvgIpc) is 1.58. The Morgan fingerprint density at radius 1 is 0.727 bits per heavy atom. The molecule has 0 spiro atoms. The number of anilines is 2. The number of fused-ring (bicyclic) bond motifs is 10. The molecule has 0 aromatic heterocycles. The van der Waals surface area contributed by atoms with E-state index in [9.17, 15) is 34.5 Å². The standard InChI is InChI=1S/C33H45ClN3O6.C28H37ClN2O6.2C3H7.2Y/c1-18-11-10-12-20(3)33(40)17-26(41-23(6)36-33)21(4)30-32(7,43-30)27(42-31(39)22(5)35-8)16-28(38)37(9)25-15-24(13-18)14-19(2)29(25)34;1-15-8-7-9-17(3)28(35)14-21(36-26(34)30-28)18(4)25-27(5,37-25)22(32)13-23(33)31(6)20-12-19(10-15)11-16(2)24(20)29;2*1-3-2;;/h10-12,14-15,20-22,26-27,30,36,40H,6,13,16-17H2,1-5,7-9H3;7-9,11-12,17-18,21-22,25,32,35H,10,13-14H2,1-6H3,(H,30,34);2*3H,1-2H3;;/q-1;;2*-1;;/b12-10+,18-11+;9-7+,15-8+;;;;/t20?,21?,22-,26?,27?,30?,32?,33?;;;;;/m0...../s1. The van der Waals surface area contributed by atoms with Gasteiger partial charge in [-0.15, -0.1) is 0 Å². The molecule has 21 heteroatoms. The molecule has 8 rings (SSSR count). The number of ether oxygens (including phenoxy) is 5. The number of alkyl carbamates (subject to hydrolysis) is 1. The smallest absolute Gasteiger partial charge is 0.409 e. The van der Waals surface area contributed by atoms with Gasteiger partial charge < -0.3 is 72.3 Å². The molecule has 0 aliphatic carbocycles. The van der Waals surface area contributed by atoms with E-state index in [0.29, 0.717) is 34.3 Å². The number of epoxide rings is 2. The number of hydrogen-bond acceptors (Lipinski definition) is 13. The van der Waals surface area contributed by atoms with Crippen molar-refractivity contribution in [2.45, 2.75) is 208 Å². The molecule has 5 N–H and O–H groups in total. The first-order valence-electron chi connectivity index (χ1n) is 29.8. The second kappa shape index (κ2) is 33.7. The Balaban J connectivity index is 0.000000417. The number of halogens is 2. The van der Waals surface area contributed by atoms with Crippen LogP contribution < -0.4 is 20.4 Å². The maximum atomic E-state index is 13.8. The van der Waals surface area contributed by atoms with Gasteiger partial charge in [0.1, 0.15) is 41.0 Å². The molecule has 15 atom stereocenters. The fourth-order valence-corrected chi connectivity index (χ4v) is 11.9. The Bertz CT molecular complexity index is 2910. The van der Waals surface area contributed by atoms with Crippen molar-refractivity contribution in [3.8, 4) is 0 Å². The third kappa shape index (κ3) is 19.5. The largest absolute Gasteiger partial charge is 0.653 e. The van der Waals surface area contributed by atoms with Crippen molar-refractivity contribution in [2.24, 2.45) is 23.7 Å². The van der Waals surface area contributed by atoms with E-state index in [1.165, 1.54) is 9.80 Å². The van der Waals surface area contributed by atoms with E-state index in [1.54, 1.807) is 35.0 Å². The maximum Gasteiger partial charge on any atom is 0.409 e. The molecule has 484 valence electrons. The number of nitrogens with one attached hydrogen (secondary N) is 2. The summed E-state index contributed by atoms with van der Waals surface area (Å²) in [5.74, 6) is -2.05. The van der Waals surface area contributed by atoms with E-state index in [0.717, 1.165) is 33.4 Å². The summed E-state index contributed by atoms with van der Waals surface area (Å²) < 4.78 is 29.7. The van der Waals surface area contributed by atoms with Gasteiger partial charge in [-0.2, -0.15) is 34.7 Å². The van der Waals surface area contributed by atoms with Crippen molar-refractivity contribution in [1.82, 2.24) is 10.6 Å². The van der Waals surface area contributed by atoms with Gasteiger partial charge in [0.15, 0.2) is 5.88 Å². The van der Waals surface area contributed by atoms with Crippen LogP contribution in [0.4, 0.5) is 16.2 Å². The monoisotopic (exact) mass is 1410 g/mol. The van der Waals surface area contributed by atoms with Crippen LogP contribution >= 0.6 is 23.2 Å². The van der Waals surface area contributed by atoms with Gasteiger partial charge in [0.2, 0.25) is 11.8 Å². The van der Waals surface area contributed by atoms with Crippen LogP contribution in [0.5, 0.6) is 0 Å². The summed E-state index contributed by atoms with van der Waals surface area (Å²) in [6.45, 7) is 32.7. The summed E-state index contributed by atoms with van der Waals surface area (Å²) in [4.78, 5) is 55.3. The third-order valence-electron chi connectivity index (χ3n) is 17.3. The minimum atomic E-state index is -1.50. The Morgan fingerprint density at radius 3 is 1.59 bits per heavy atom. The van der Waals surface area contributed by atoms with Crippen LogP contribution in [-0.2, 0) is 116 Å². The van der Waals surface area contributed by atoms with E-state index in [1.807, 2.05) is 164 Å². The number of aliphatic hydroxyl groups excluding tert-OH is 1. The van der Waals surface area contributed by atoms with Gasteiger partial charge in [-0.3, -0.25) is 19.7 Å². The molecule has 14 unspecified atom stereocenters. The predicted octanol–water partition coefficient (Wildman–Crippen LogP) is 11.8. The number of amides is 3. The normalized spacial score (nSPS) is 34.4. The van der Waals surface area contributed by atoms with Crippen molar-refractivity contribution < 1.29 is 124 Å². The van der Waals surface area contributed by atoms with E-state index < -0.39 is 83.3 Å². The first kappa shape index (κ1) is 79.2. The van der Waals surface area contributed by atoms with Crippen LogP contribution in [0.3, 0.4) is 0 Å². The summed E-state index contributed by atoms with van der Waals surface area (Å²) in [5.41, 5.74) is 2.29. The number of benzene rings is 2. The van der Waals surface area contributed by atoms with E-state index >= 15 is 0 Å². The SMILES string of the molecule is C/C1=C\C=C\C(C)C2(O)CC(OC(=O)N2)C(C)C2OC2(C)C(O)CC(=O)N(C)c2cc(cc(C)c2Cl)C1.C=C1NC2(O)CC(O1)C(C)C1OC1(C)C(OC(=O)[C@H](C)[N-]C)CC(=O)N(C)c1cc(cc(C)c1Cl)C/C(C)=C/C=C/C2C.C[CH-]C.C[CH-]C.[Y].[Y]. The number of likely N-dealkylation sites (N-methyl/N-ethyl adjacent to an activating group) is 1. The molecule has 0 saturated carbocycles. The molecule has 6 aliphatic heterocycles. The van der Waals surface area contributed by atoms with Crippen LogP contribution in [0.2, 0.25) is 10.0 Å². The van der Waals surface area contributed by atoms with Gasteiger partial charge >= 0.3 is 6.09 Å². The molecule has 88 heavy (non-hydrogen) atoms. The van der Waals surface area contributed by atoms with Crippen molar-refractivity contribution in [3.05, 3.63) is 135 Å². The van der Waals surface area contributed by atoms with Gasteiger partial charge in [0.05, 0.1) is 52.6 Å². The quantitative estimate of drug-likeness (QED) is 0.110. The average molecular weight is 1410 g/mol.